The number of nitrogens with one attached hydrogen (secondary N) is 1. The molecule has 8 nitrogen and oxygen atoms in total. The van der Waals surface area contributed by atoms with Crippen molar-refractivity contribution in [2.24, 2.45) is 0 Å². The van der Waals surface area contributed by atoms with E-state index in [2.05, 4.69) is 15.2 Å². The summed E-state index contributed by atoms with van der Waals surface area (Å²) in [6.07, 6.45) is 1.77. The van der Waals surface area contributed by atoms with E-state index in [0.717, 1.165) is 18.2 Å². The fraction of sp³-hybridized carbons (Fsp3) is 0.583. The summed E-state index contributed by atoms with van der Waals surface area (Å²) in [5, 5.41) is 14.0. The fourth-order valence-corrected chi connectivity index (χ4v) is 2.67. The average Bonchev–Trinajstić information content (AvgIpc) is 3.01. The number of carbonyl (C=O) groups is 2. The van der Waals surface area contributed by atoms with Gasteiger partial charge in [0.05, 0.1) is 6.61 Å². The number of thiazole rings is 1. The lowest BCUT2D eigenvalue weighted by atomic mass is 10.3. The summed E-state index contributed by atoms with van der Waals surface area (Å²) in [4.78, 5) is 30.3. The second-order valence-electron chi connectivity index (χ2n) is 4.47. The molecule has 0 saturated carbocycles. The molecule has 1 fully saturated rings. The summed E-state index contributed by atoms with van der Waals surface area (Å²) in [5.74, 6) is -1.01. The molecule has 1 aliphatic rings. The molecular weight excluding hydrogens is 296 g/mol. The Morgan fingerprint density at radius 2 is 2.14 bits per heavy atom. The number of rotatable bonds is 6. The Labute approximate surface area is 126 Å². The van der Waals surface area contributed by atoms with Gasteiger partial charge in [0.25, 0.3) is 0 Å². The largest absolute Gasteiger partial charge is 0.480 e. The van der Waals surface area contributed by atoms with Crippen LogP contribution in [0.3, 0.4) is 0 Å². The molecule has 1 aliphatic heterocycles. The van der Waals surface area contributed by atoms with Gasteiger partial charge in [0, 0.05) is 44.3 Å². The van der Waals surface area contributed by atoms with Crippen molar-refractivity contribution in [2.75, 3.05) is 50.8 Å². The van der Waals surface area contributed by atoms with Crippen LogP contribution in [-0.4, -0.2) is 72.9 Å². The average molecular weight is 314 g/mol. The Morgan fingerprint density at radius 1 is 1.38 bits per heavy atom. The van der Waals surface area contributed by atoms with E-state index < -0.39 is 5.97 Å². The molecule has 0 atom stereocenters. The van der Waals surface area contributed by atoms with E-state index >= 15 is 0 Å². The normalized spacial score (nSPS) is 15.0. The monoisotopic (exact) mass is 314 g/mol. The van der Waals surface area contributed by atoms with Gasteiger partial charge in [-0.25, -0.2) is 14.6 Å². The first kappa shape index (κ1) is 15.5. The van der Waals surface area contributed by atoms with Gasteiger partial charge in [-0.1, -0.05) is 0 Å². The minimum Gasteiger partial charge on any atom is -0.480 e. The van der Waals surface area contributed by atoms with Crippen molar-refractivity contribution < 1.29 is 19.4 Å². The maximum atomic E-state index is 11.9. The second-order valence-corrected chi connectivity index (χ2v) is 5.34. The quantitative estimate of drug-likeness (QED) is 0.722. The van der Waals surface area contributed by atoms with Crippen molar-refractivity contribution in [1.29, 1.82) is 0 Å². The third-order valence-electron chi connectivity index (χ3n) is 3.00. The third kappa shape index (κ3) is 4.87. The SMILES string of the molecule is O=C(O)COCCNC(=O)N1CCN(c2nccs2)CC1. The Bertz CT molecular complexity index is 460. The van der Waals surface area contributed by atoms with Crippen molar-refractivity contribution in [2.45, 2.75) is 0 Å². The van der Waals surface area contributed by atoms with Crippen LogP contribution in [0.4, 0.5) is 9.93 Å². The molecule has 0 bridgehead atoms. The molecule has 2 heterocycles. The van der Waals surface area contributed by atoms with Gasteiger partial charge in [-0.15, -0.1) is 11.3 Å². The van der Waals surface area contributed by atoms with Crippen LogP contribution in [-0.2, 0) is 9.53 Å². The van der Waals surface area contributed by atoms with E-state index in [1.807, 2.05) is 5.38 Å². The number of carbonyl (C=O) groups excluding carboxylic acids is 1. The first-order valence-corrected chi connectivity index (χ1v) is 7.51. The number of piperazine rings is 1. The highest BCUT2D eigenvalue weighted by Gasteiger charge is 2.21. The Hall–Kier alpha value is -1.87. The van der Waals surface area contributed by atoms with Gasteiger partial charge >= 0.3 is 12.0 Å². The van der Waals surface area contributed by atoms with Crippen LogP contribution in [0, 0.1) is 0 Å². The van der Waals surface area contributed by atoms with Crippen molar-refractivity contribution in [3.8, 4) is 0 Å². The molecule has 0 unspecified atom stereocenters. The number of carboxylic acids is 1. The number of amides is 2. The van der Waals surface area contributed by atoms with E-state index in [1.165, 1.54) is 0 Å². The van der Waals surface area contributed by atoms with Gasteiger partial charge in [0.15, 0.2) is 5.13 Å². The first-order chi connectivity index (χ1) is 10.2. The summed E-state index contributed by atoms with van der Waals surface area (Å²) in [6.45, 7) is 2.95. The van der Waals surface area contributed by atoms with Gasteiger partial charge in [0.2, 0.25) is 0 Å². The lowest BCUT2D eigenvalue weighted by Crippen LogP contribution is -2.52. The predicted octanol–water partition coefficient (Wildman–Crippen LogP) is 0.0759. The van der Waals surface area contributed by atoms with Crippen molar-refractivity contribution in [3.63, 3.8) is 0 Å². The zero-order valence-corrected chi connectivity index (χ0v) is 12.3. The van der Waals surface area contributed by atoms with Gasteiger partial charge in [0.1, 0.15) is 6.61 Å². The molecule has 1 saturated heterocycles. The maximum Gasteiger partial charge on any atom is 0.329 e. The van der Waals surface area contributed by atoms with Gasteiger partial charge in [-0.05, 0) is 0 Å². The Balaban J connectivity index is 1.63. The number of hydrogen-bond acceptors (Lipinski definition) is 6. The minimum atomic E-state index is -1.01. The summed E-state index contributed by atoms with van der Waals surface area (Å²) in [6, 6.07) is -0.146. The number of anilines is 1. The maximum absolute atomic E-state index is 11.9. The molecule has 116 valence electrons. The van der Waals surface area contributed by atoms with Crippen molar-refractivity contribution >= 4 is 28.5 Å². The summed E-state index contributed by atoms with van der Waals surface area (Å²) in [7, 11) is 0. The van der Waals surface area contributed by atoms with Crippen molar-refractivity contribution in [3.05, 3.63) is 11.6 Å². The molecular formula is C12H18N4O4S. The first-order valence-electron chi connectivity index (χ1n) is 6.63. The smallest absolute Gasteiger partial charge is 0.329 e. The van der Waals surface area contributed by atoms with Crippen LogP contribution in [0.15, 0.2) is 11.6 Å². The highest BCUT2D eigenvalue weighted by atomic mass is 32.1. The number of urea groups is 1. The highest BCUT2D eigenvalue weighted by molar-refractivity contribution is 7.13. The number of aromatic nitrogens is 1. The summed E-state index contributed by atoms with van der Waals surface area (Å²) in [5.41, 5.74) is 0. The van der Waals surface area contributed by atoms with E-state index in [-0.39, 0.29) is 19.2 Å². The van der Waals surface area contributed by atoms with E-state index in [1.54, 1.807) is 22.4 Å². The van der Waals surface area contributed by atoms with Crippen LogP contribution in [0.5, 0.6) is 0 Å². The Kier molecular flexibility index (Phi) is 5.76. The molecule has 21 heavy (non-hydrogen) atoms. The molecule has 0 radical (unpaired) electrons. The van der Waals surface area contributed by atoms with E-state index in [4.69, 9.17) is 9.84 Å². The molecule has 9 heteroatoms. The molecule has 0 aromatic carbocycles. The minimum absolute atomic E-state index is 0.146. The van der Waals surface area contributed by atoms with Gasteiger partial charge in [-0.3, -0.25) is 0 Å². The molecule has 2 rings (SSSR count). The van der Waals surface area contributed by atoms with Crippen LogP contribution < -0.4 is 10.2 Å². The number of carboxylic acid groups (broad SMARTS) is 1. The predicted molar refractivity (Wildman–Crippen MR) is 77.8 cm³/mol. The second kappa shape index (κ2) is 7.79. The van der Waals surface area contributed by atoms with Crippen molar-refractivity contribution in [1.82, 2.24) is 15.2 Å². The molecule has 2 amide bonds. The van der Waals surface area contributed by atoms with Gasteiger partial charge in [-0.2, -0.15) is 0 Å². The molecule has 1 aromatic rings. The highest BCUT2D eigenvalue weighted by Crippen LogP contribution is 2.18. The van der Waals surface area contributed by atoms with Crippen LogP contribution in [0.25, 0.3) is 0 Å². The summed E-state index contributed by atoms with van der Waals surface area (Å²) >= 11 is 1.59. The third-order valence-corrected chi connectivity index (χ3v) is 3.84. The number of nitrogens with zero attached hydrogens (tertiary/aromatic N) is 3. The molecule has 2 N–H and O–H groups in total. The summed E-state index contributed by atoms with van der Waals surface area (Å²) < 4.78 is 4.85. The van der Waals surface area contributed by atoms with Crippen LogP contribution in [0.2, 0.25) is 0 Å². The van der Waals surface area contributed by atoms with Crippen LogP contribution >= 0.6 is 11.3 Å². The Morgan fingerprint density at radius 3 is 2.76 bits per heavy atom. The standard InChI is InChI=1S/C12H18N4O4S/c17-10(18)9-20-7-1-13-11(19)15-3-5-16(6-4-15)12-14-2-8-21-12/h2,8H,1,3-7,9H2,(H,13,19)(H,17,18). The topological polar surface area (TPSA) is 95.0 Å². The fourth-order valence-electron chi connectivity index (χ4n) is 1.97. The molecule has 0 aliphatic carbocycles. The lowest BCUT2D eigenvalue weighted by Gasteiger charge is -2.34. The molecule has 0 spiro atoms. The molecule has 1 aromatic heterocycles. The van der Waals surface area contributed by atoms with E-state index in [9.17, 15) is 9.59 Å². The zero-order valence-electron chi connectivity index (χ0n) is 11.5. The lowest BCUT2D eigenvalue weighted by molar-refractivity contribution is -0.142. The zero-order chi connectivity index (χ0) is 15.1. The number of aliphatic carboxylic acids is 1. The van der Waals surface area contributed by atoms with Gasteiger partial charge < -0.3 is 25.0 Å². The number of ether oxygens (including phenoxy) is 1. The van der Waals surface area contributed by atoms with E-state index in [0.29, 0.717) is 19.6 Å². The van der Waals surface area contributed by atoms with Crippen LogP contribution in [0.1, 0.15) is 0 Å². The number of hydrogen-bond donors (Lipinski definition) is 2.